The second-order valence-corrected chi connectivity index (χ2v) is 10.7. The molecule has 18 heteroatoms. The van der Waals surface area contributed by atoms with Gasteiger partial charge in [-0.3, -0.25) is 0 Å². The fourth-order valence-electron chi connectivity index (χ4n) is 5.11. The van der Waals surface area contributed by atoms with Gasteiger partial charge in [0, 0.05) is 0 Å². The van der Waals surface area contributed by atoms with Crippen LogP contribution < -0.4 is 0 Å². The number of aliphatic hydroxyl groups is 11. The molecule has 240 valence electrons. The van der Waals surface area contributed by atoms with Gasteiger partial charge < -0.3 is 89.3 Å². The Bertz CT molecular complexity index is 838. The van der Waals surface area contributed by atoms with Crippen molar-refractivity contribution in [2.24, 2.45) is 0 Å². The van der Waals surface area contributed by atoms with Crippen molar-refractivity contribution in [1.29, 1.82) is 0 Å². The summed E-state index contributed by atoms with van der Waals surface area (Å²) in [6, 6.07) is 0. The molecule has 4 aliphatic heterocycles. The van der Waals surface area contributed by atoms with Crippen molar-refractivity contribution in [2.45, 2.75) is 131 Å². The highest BCUT2D eigenvalue weighted by Gasteiger charge is 2.53. The van der Waals surface area contributed by atoms with E-state index in [0.29, 0.717) is 0 Å². The summed E-state index contributed by atoms with van der Waals surface area (Å²) < 4.78 is 38.0. The van der Waals surface area contributed by atoms with Crippen LogP contribution in [0.25, 0.3) is 0 Å². The van der Waals surface area contributed by atoms with Gasteiger partial charge >= 0.3 is 0 Å². The first-order chi connectivity index (χ1) is 19.3. The normalized spacial score (nSPS) is 54.8. The molecule has 11 N–H and O–H groups in total. The van der Waals surface area contributed by atoms with Crippen LogP contribution in [0.2, 0.25) is 0 Å². The van der Waals surface area contributed by atoms with Gasteiger partial charge in [-0.1, -0.05) is 0 Å². The van der Waals surface area contributed by atoms with Gasteiger partial charge in [0.1, 0.15) is 79.4 Å². The SMILES string of the molecule is C[C@@H]1O[C@@H](OC[C@@H]2O[C@@H](O[C@H]3[C@H](O)[C@@H](O[C@@H]4O[C@@H](C)[C@H](O)[C@@H](O)[C@H]4O)C(O)O[C@@H]3CO)[C@H](O)[C@H]2O)[C@H](O)[C@H](O)[C@H]1O. The van der Waals surface area contributed by atoms with Crippen molar-refractivity contribution in [1.82, 2.24) is 0 Å². The Morgan fingerprint density at radius 2 is 0.976 bits per heavy atom. The van der Waals surface area contributed by atoms with E-state index in [-0.39, 0.29) is 0 Å². The Morgan fingerprint density at radius 1 is 0.488 bits per heavy atom. The zero-order valence-corrected chi connectivity index (χ0v) is 22.2. The molecule has 4 aliphatic rings. The van der Waals surface area contributed by atoms with E-state index in [0.717, 1.165) is 0 Å². The minimum Gasteiger partial charge on any atom is -0.394 e. The molecule has 0 amide bonds. The highest BCUT2D eigenvalue weighted by molar-refractivity contribution is 4.96. The first kappa shape index (κ1) is 33.2. The summed E-state index contributed by atoms with van der Waals surface area (Å²) in [5, 5.41) is 112. The van der Waals surface area contributed by atoms with Crippen LogP contribution in [-0.2, 0) is 33.2 Å². The average molecular weight is 605 g/mol. The lowest BCUT2D eigenvalue weighted by Gasteiger charge is -2.46. The topological polar surface area (TPSA) is 287 Å². The molecule has 4 rings (SSSR count). The molecule has 18 nitrogen and oxygen atoms in total. The van der Waals surface area contributed by atoms with E-state index in [4.69, 9.17) is 33.2 Å². The predicted molar refractivity (Wildman–Crippen MR) is 125 cm³/mol. The summed E-state index contributed by atoms with van der Waals surface area (Å²) in [6.07, 6.45) is -28.9. The van der Waals surface area contributed by atoms with Crippen LogP contribution >= 0.6 is 0 Å². The number of aliphatic hydroxyl groups excluding tert-OH is 11. The zero-order chi connectivity index (χ0) is 30.3. The van der Waals surface area contributed by atoms with Crippen LogP contribution in [0.1, 0.15) is 13.8 Å². The zero-order valence-electron chi connectivity index (χ0n) is 22.2. The third-order valence-electron chi connectivity index (χ3n) is 7.76. The van der Waals surface area contributed by atoms with Crippen molar-refractivity contribution >= 4 is 0 Å². The first-order valence-electron chi connectivity index (χ1n) is 13.2. The van der Waals surface area contributed by atoms with Gasteiger partial charge in [0.15, 0.2) is 25.2 Å². The summed E-state index contributed by atoms with van der Waals surface area (Å²) in [6.45, 7) is 1.58. The summed E-state index contributed by atoms with van der Waals surface area (Å²) in [4.78, 5) is 0. The molecule has 0 saturated carbocycles. The van der Waals surface area contributed by atoms with Crippen LogP contribution in [0, 0.1) is 0 Å². The summed E-state index contributed by atoms with van der Waals surface area (Å²) in [5.74, 6) is 0. The van der Waals surface area contributed by atoms with Gasteiger partial charge in [0.25, 0.3) is 0 Å². The van der Waals surface area contributed by atoms with Gasteiger partial charge in [-0.15, -0.1) is 0 Å². The van der Waals surface area contributed by atoms with Gasteiger partial charge in [-0.25, -0.2) is 0 Å². The van der Waals surface area contributed by atoms with E-state index < -0.39 is 130 Å². The monoisotopic (exact) mass is 604 g/mol. The van der Waals surface area contributed by atoms with Gasteiger partial charge in [-0.05, 0) is 13.8 Å². The molecule has 1 unspecified atom stereocenters. The minimum atomic E-state index is -1.88. The highest BCUT2D eigenvalue weighted by Crippen LogP contribution is 2.33. The molecule has 0 aromatic heterocycles. The molecule has 0 aromatic carbocycles. The van der Waals surface area contributed by atoms with Gasteiger partial charge in [0.05, 0.1) is 25.4 Å². The third kappa shape index (κ3) is 6.70. The molecular formula is C23H40O18. The Morgan fingerprint density at radius 3 is 1.56 bits per heavy atom. The molecule has 0 radical (unpaired) electrons. The lowest BCUT2D eigenvalue weighted by molar-refractivity contribution is -0.370. The second kappa shape index (κ2) is 13.5. The van der Waals surface area contributed by atoms with Crippen LogP contribution in [-0.4, -0.2) is 186 Å². The van der Waals surface area contributed by atoms with E-state index in [1.165, 1.54) is 13.8 Å². The van der Waals surface area contributed by atoms with Crippen molar-refractivity contribution < 1.29 is 89.3 Å². The Kier molecular flexibility index (Phi) is 10.9. The largest absolute Gasteiger partial charge is 0.394 e. The number of hydrogen-bond acceptors (Lipinski definition) is 18. The molecule has 0 aromatic rings. The maximum atomic E-state index is 11.0. The van der Waals surface area contributed by atoms with Crippen LogP contribution in [0.5, 0.6) is 0 Å². The summed E-state index contributed by atoms with van der Waals surface area (Å²) in [5.41, 5.74) is 0. The van der Waals surface area contributed by atoms with Crippen molar-refractivity contribution in [3.05, 3.63) is 0 Å². The van der Waals surface area contributed by atoms with E-state index in [2.05, 4.69) is 0 Å². The first-order valence-corrected chi connectivity index (χ1v) is 13.2. The molecule has 0 bridgehead atoms. The molecule has 4 saturated heterocycles. The molecule has 19 atom stereocenters. The number of hydrogen-bond donors (Lipinski definition) is 11. The molecule has 0 spiro atoms. The Labute approximate surface area is 233 Å². The quantitative estimate of drug-likeness (QED) is 0.123. The summed E-state index contributed by atoms with van der Waals surface area (Å²) in [7, 11) is 0. The molecule has 41 heavy (non-hydrogen) atoms. The molecular weight excluding hydrogens is 564 g/mol. The molecule has 0 aliphatic carbocycles. The van der Waals surface area contributed by atoms with Crippen molar-refractivity contribution in [3.8, 4) is 0 Å². The van der Waals surface area contributed by atoms with E-state index in [1.54, 1.807) is 0 Å². The van der Waals surface area contributed by atoms with E-state index in [9.17, 15) is 56.2 Å². The summed E-state index contributed by atoms with van der Waals surface area (Å²) >= 11 is 0. The van der Waals surface area contributed by atoms with Gasteiger partial charge in [0.2, 0.25) is 0 Å². The number of ether oxygens (including phenoxy) is 7. The maximum Gasteiger partial charge on any atom is 0.187 e. The highest BCUT2D eigenvalue weighted by atomic mass is 16.8. The predicted octanol–water partition coefficient (Wildman–Crippen LogP) is -7.05. The smallest absolute Gasteiger partial charge is 0.187 e. The van der Waals surface area contributed by atoms with Crippen LogP contribution in [0.3, 0.4) is 0 Å². The van der Waals surface area contributed by atoms with Crippen molar-refractivity contribution in [3.63, 3.8) is 0 Å². The fourth-order valence-corrected chi connectivity index (χ4v) is 5.11. The maximum absolute atomic E-state index is 11.0. The van der Waals surface area contributed by atoms with Crippen LogP contribution in [0.4, 0.5) is 0 Å². The lowest BCUT2D eigenvalue weighted by atomic mass is 9.97. The standard InChI is InChI=1S/C23H40O18/c1-5-9(25)12(28)15(31)21(36-5)35-4-8-11(27)14(30)23(39-8)40-18-7(3-24)38-20(34)19(17(18)33)41-22-16(32)13(29)10(26)6(2)37-22/h5-34H,3-4H2,1-2H3/t5-,6-,7+,8-,9-,10-,11-,12+,13+,14+,15+,16+,17-,18+,19+,20?,21+,22-,23-/m0/s1. The van der Waals surface area contributed by atoms with Crippen LogP contribution in [0.15, 0.2) is 0 Å². The molecule has 4 fully saturated rings. The fraction of sp³-hybridized carbons (Fsp3) is 1.00. The average Bonchev–Trinajstić information content (AvgIpc) is 3.21. The number of rotatable bonds is 8. The second-order valence-electron chi connectivity index (χ2n) is 10.7. The van der Waals surface area contributed by atoms with E-state index in [1.807, 2.05) is 0 Å². The minimum absolute atomic E-state index is 0.476. The van der Waals surface area contributed by atoms with Gasteiger partial charge in [-0.2, -0.15) is 0 Å². The molecule has 4 heterocycles. The Hall–Kier alpha value is -0.720. The van der Waals surface area contributed by atoms with Crippen molar-refractivity contribution in [2.75, 3.05) is 13.2 Å². The van der Waals surface area contributed by atoms with E-state index >= 15 is 0 Å². The lowest BCUT2D eigenvalue weighted by Crippen LogP contribution is -2.64. The Balaban J connectivity index is 1.39. The third-order valence-corrected chi connectivity index (χ3v) is 7.76.